The van der Waals surface area contributed by atoms with Crippen LogP contribution in [0.4, 0.5) is 4.79 Å². The maximum absolute atomic E-state index is 12.9. The minimum atomic E-state index is -0.781. The quantitative estimate of drug-likeness (QED) is 0.577. The predicted molar refractivity (Wildman–Crippen MR) is 129 cm³/mol. The van der Waals surface area contributed by atoms with Crippen molar-refractivity contribution in [3.63, 3.8) is 0 Å². The average Bonchev–Trinajstić information content (AvgIpc) is 3.51. The zero-order valence-electron chi connectivity index (χ0n) is 19.5. The van der Waals surface area contributed by atoms with Gasteiger partial charge >= 0.3 is 6.03 Å². The lowest BCUT2D eigenvalue weighted by Gasteiger charge is -2.23. The molecule has 1 aliphatic carbocycles. The van der Waals surface area contributed by atoms with Gasteiger partial charge in [-0.3, -0.25) is 9.69 Å². The van der Waals surface area contributed by atoms with Crippen molar-refractivity contribution in [2.75, 3.05) is 0 Å². The SMILES string of the molecule is CC(C)CC1(C)N=C(N)N(Cc2ccc(CNC(=O)N[C@@H]3C[C@H]3c3ccccc3)cc2)C1=O. The molecule has 174 valence electrons. The maximum atomic E-state index is 12.9. The Morgan fingerprint density at radius 1 is 1.15 bits per heavy atom. The van der Waals surface area contributed by atoms with Crippen LogP contribution in [-0.4, -0.2) is 34.4 Å². The van der Waals surface area contributed by atoms with Gasteiger partial charge in [-0.15, -0.1) is 0 Å². The first-order chi connectivity index (χ1) is 15.7. The van der Waals surface area contributed by atoms with E-state index in [9.17, 15) is 9.59 Å². The fraction of sp³-hybridized carbons (Fsp3) is 0.423. The summed E-state index contributed by atoms with van der Waals surface area (Å²) in [6, 6.07) is 18.1. The molecule has 1 fully saturated rings. The molecule has 2 aromatic carbocycles. The molecule has 1 heterocycles. The lowest BCUT2D eigenvalue weighted by Crippen LogP contribution is -2.43. The van der Waals surface area contributed by atoms with Crippen LogP contribution in [0.5, 0.6) is 0 Å². The Hall–Kier alpha value is -3.35. The molecule has 0 spiro atoms. The molecule has 3 atom stereocenters. The van der Waals surface area contributed by atoms with E-state index in [2.05, 4.69) is 41.6 Å². The summed E-state index contributed by atoms with van der Waals surface area (Å²) in [7, 11) is 0. The van der Waals surface area contributed by atoms with E-state index in [0.717, 1.165) is 17.5 Å². The molecule has 4 N–H and O–H groups in total. The number of carbonyl (C=O) groups is 2. The third-order valence-electron chi connectivity index (χ3n) is 6.30. The second-order valence-electron chi connectivity index (χ2n) is 9.74. The fourth-order valence-corrected chi connectivity index (χ4v) is 4.61. The van der Waals surface area contributed by atoms with Crippen molar-refractivity contribution in [2.45, 2.75) is 64.2 Å². The largest absolute Gasteiger partial charge is 0.369 e. The van der Waals surface area contributed by atoms with E-state index in [1.54, 1.807) is 4.90 Å². The normalized spacial score (nSPS) is 24.1. The molecule has 33 heavy (non-hydrogen) atoms. The molecule has 0 radical (unpaired) electrons. The highest BCUT2D eigenvalue weighted by molar-refractivity contribution is 6.06. The van der Waals surface area contributed by atoms with Crippen LogP contribution in [0.3, 0.4) is 0 Å². The summed E-state index contributed by atoms with van der Waals surface area (Å²) in [5, 5.41) is 5.97. The number of hydrogen-bond donors (Lipinski definition) is 3. The second kappa shape index (κ2) is 9.25. The maximum Gasteiger partial charge on any atom is 0.315 e. The van der Waals surface area contributed by atoms with Gasteiger partial charge in [0.15, 0.2) is 5.96 Å². The first-order valence-electron chi connectivity index (χ1n) is 11.6. The van der Waals surface area contributed by atoms with Crippen LogP contribution in [0, 0.1) is 5.92 Å². The lowest BCUT2D eigenvalue weighted by atomic mass is 9.91. The zero-order valence-corrected chi connectivity index (χ0v) is 19.5. The highest BCUT2D eigenvalue weighted by atomic mass is 16.2. The van der Waals surface area contributed by atoms with Crippen molar-refractivity contribution in [1.29, 1.82) is 0 Å². The summed E-state index contributed by atoms with van der Waals surface area (Å²) >= 11 is 0. The predicted octanol–water partition coefficient (Wildman–Crippen LogP) is 3.50. The zero-order chi connectivity index (χ0) is 23.6. The van der Waals surface area contributed by atoms with E-state index in [-0.39, 0.29) is 23.9 Å². The van der Waals surface area contributed by atoms with Crippen LogP contribution >= 0.6 is 0 Å². The van der Waals surface area contributed by atoms with Crippen molar-refractivity contribution in [2.24, 2.45) is 16.6 Å². The van der Waals surface area contributed by atoms with Crippen LogP contribution in [0.1, 0.15) is 56.2 Å². The molecular weight excluding hydrogens is 414 g/mol. The van der Waals surface area contributed by atoms with Crippen LogP contribution in [0.25, 0.3) is 0 Å². The van der Waals surface area contributed by atoms with Crippen molar-refractivity contribution < 1.29 is 9.59 Å². The number of aliphatic imine (C=N–C) groups is 1. The molecule has 3 amide bonds. The first kappa shape index (κ1) is 22.8. The van der Waals surface area contributed by atoms with Crippen molar-refractivity contribution in [3.05, 3.63) is 71.3 Å². The number of guanidine groups is 1. The van der Waals surface area contributed by atoms with Gasteiger partial charge in [-0.25, -0.2) is 9.79 Å². The molecule has 2 aliphatic rings. The fourth-order valence-electron chi connectivity index (χ4n) is 4.61. The van der Waals surface area contributed by atoms with E-state index in [4.69, 9.17) is 5.73 Å². The summed E-state index contributed by atoms with van der Waals surface area (Å²) in [4.78, 5) is 31.2. The molecule has 7 nitrogen and oxygen atoms in total. The van der Waals surface area contributed by atoms with Crippen molar-refractivity contribution >= 4 is 17.9 Å². The van der Waals surface area contributed by atoms with Gasteiger partial charge in [-0.1, -0.05) is 68.4 Å². The van der Waals surface area contributed by atoms with E-state index in [0.29, 0.717) is 31.3 Å². The summed E-state index contributed by atoms with van der Waals surface area (Å²) in [5.74, 6) is 0.982. The topological polar surface area (TPSA) is 99.8 Å². The second-order valence-corrected chi connectivity index (χ2v) is 9.74. The Bertz CT molecular complexity index is 1030. The van der Waals surface area contributed by atoms with E-state index in [1.165, 1.54) is 5.56 Å². The minimum absolute atomic E-state index is 0.0509. The number of rotatable bonds is 8. The van der Waals surface area contributed by atoms with Gasteiger partial charge < -0.3 is 16.4 Å². The van der Waals surface area contributed by atoms with Gasteiger partial charge in [0.2, 0.25) is 0 Å². The van der Waals surface area contributed by atoms with E-state index >= 15 is 0 Å². The Morgan fingerprint density at radius 3 is 2.48 bits per heavy atom. The van der Waals surface area contributed by atoms with Gasteiger partial charge in [-0.2, -0.15) is 0 Å². The van der Waals surface area contributed by atoms with Gasteiger partial charge in [0, 0.05) is 18.5 Å². The van der Waals surface area contributed by atoms with Crippen LogP contribution in [-0.2, 0) is 17.9 Å². The highest BCUT2D eigenvalue weighted by Gasteiger charge is 2.44. The van der Waals surface area contributed by atoms with Crippen LogP contribution in [0.15, 0.2) is 59.6 Å². The summed E-state index contributed by atoms with van der Waals surface area (Å²) < 4.78 is 0. The standard InChI is InChI=1S/C26H33N5O2/c1-17(2)14-26(3)23(32)31(24(27)30-26)16-19-11-9-18(10-12-19)15-28-25(33)29-22-13-21(22)20-7-5-4-6-8-20/h4-12,17,21-22H,13-16H2,1-3H3,(H2,27,30)(H2,28,29,33)/t21-,22+,26?/m0/s1. The highest BCUT2D eigenvalue weighted by Crippen LogP contribution is 2.40. The van der Waals surface area contributed by atoms with Crippen LogP contribution in [0.2, 0.25) is 0 Å². The third-order valence-corrected chi connectivity index (χ3v) is 6.30. The number of amides is 3. The molecule has 1 unspecified atom stereocenters. The number of carbonyl (C=O) groups excluding carboxylic acids is 2. The molecular formula is C26H33N5O2. The monoisotopic (exact) mass is 447 g/mol. The number of nitrogens with one attached hydrogen (secondary N) is 2. The molecule has 7 heteroatoms. The Labute approximate surface area is 195 Å². The lowest BCUT2D eigenvalue weighted by molar-refractivity contribution is -0.131. The minimum Gasteiger partial charge on any atom is -0.369 e. The molecule has 0 saturated heterocycles. The Balaban J connectivity index is 1.25. The van der Waals surface area contributed by atoms with Gasteiger partial charge in [-0.05, 0) is 42.4 Å². The van der Waals surface area contributed by atoms with Crippen LogP contribution < -0.4 is 16.4 Å². The molecule has 0 bridgehead atoms. The molecule has 4 rings (SSSR count). The first-order valence-corrected chi connectivity index (χ1v) is 11.6. The third kappa shape index (κ3) is 5.35. The number of benzene rings is 2. The average molecular weight is 448 g/mol. The van der Waals surface area contributed by atoms with E-state index in [1.807, 2.05) is 49.4 Å². The number of nitrogens with zero attached hydrogens (tertiary/aromatic N) is 2. The smallest absolute Gasteiger partial charge is 0.315 e. The van der Waals surface area contributed by atoms with Gasteiger partial charge in [0.05, 0.1) is 6.54 Å². The number of hydrogen-bond acceptors (Lipinski definition) is 4. The molecule has 1 saturated carbocycles. The summed E-state index contributed by atoms with van der Waals surface area (Å²) in [5.41, 5.74) is 8.51. The summed E-state index contributed by atoms with van der Waals surface area (Å²) in [6.45, 7) is 6.83. The van der Waals surface area contributed by atoms with Gasteiger partial charge in [0.1, 0.15) is 5.54 Å². The van der Waals surface area contributed by atoms with E-state index < -0.39 is 5.54 Å². The molecule has 0 aromatic heterocycles. The number of urea groups is 1. The van der Waals surface area contributed by atoms with Gasteiger partial charge in [0.25, 0.3) is 5.91 Å². The number of nitrogens with two attached hydrogens (primary N) is 1. The molecule has 2 aromatic rings. The Kier molecular flexibility index (Phi) is 6.40. The summed E-state index contributed by atoms with van der Waals surface area (Å²) in [6.07, 6.45) is 1.65. The van der Waals surface area contributed by atoms with Crippen molar-refractivity contribution in [3.8, 4) is 0 Å². The molecule has 1 aliphatic heterocycles. The Morgan fingerprint density at radius 2 is 1.82 bits per heavy atom. The van der Waals surface area contributed by atoms with Crippen molar-refractivity contribution in [1.82, 2.24) is 15.5 Å².